The summed E-state index contributed by atoms with van der Waals surface area (Å²) < 4.78 is 0. The van der Waals surface area contributed by atoms with E-state index >= 15 is 0 Å². The molecule has 0 aliphatic heterocycles. The topological polar surface area (TPSA) is 16.1 Å². The van der Waals surface area contributed by atoms with E-state index in [0.29, 0.717) is 0 Å². The molecule has 2 nitrogen and oxygen atoms in total. The van der Waals surface area contributed by atoms with Crippen LogP contribution in [0.3, 0.4) is 0 Å². The van der Waals surface area contributed by atoms with Gasteiger partial charge in [0.25, 0.3) is 0 Å². The van der Waals surface area contributed by atoms with Crippen molar-refractivity contribution in [1.82, 2.24) is 9.88 Å². The fourth-order valence-electron chi connectivity index (χ4n) is 2.46. The molecule has 3 rings (SSSR count). The van der Waals surface area contributed by atoms with E-state index in [0.717, 1.165) is 30.2 Å². The summed E-state index contributed by atoms with van der Waals surface area (Å²) in [6.07, 6.45) is 2.83. The van der Waals surface area contributed by atoms with Crippen LogP contribution in [0.2, 0.25) is 5.02 Å². The Morgan fingerprint density at radius 3 is 2.78 bits per heavy atom. The van der Waals surface area contributed by atoms with Gasteiger partial charge in [0.05, 0.1) is 0 Å². The molecule has 0 saturated carbocycles. The first kappa shape index (κ1) is 16.2. The zero-order valence-corrected chi connectivity index (χ0v) is 14.6. The Bertz CT molecular complexity index is 755. The Labute approximate surface area is 146 Å². The average molecular weight is 343 g/mol. The predicted molar refractivity (Wildman–Crippen MR) is 99.0 cm³/mol. The van der Waals surface area contributed by atoms with Crippen LogP contribution in [-0.4, -0.2) is 23.5 Å². The highest BCUT2D eigenvalue weighted by molar-refractivity contribution is 7.15. The van der Waals surface area contributed by atoms with Crippen LogP contribution in [0.1, 0.15) is 10.6 Å². The molecule has 0 atom stereocenters. The van der Waals surface area contributed by atoms with Crippen LogP contribution >= 0.6 is 22.9 Å². The minimum absolute atomic E-state index is 0.782. The largest absolute Gasteiger partial charge is 0.301 e. The van der Waals surface area contributed by atoms with Gasteiger partial charge in [-0.05, 0) is 49.0 Å². The molecule has 0 N–H and O–H groups in total. The maximum absolute atomic E-state index is 6.08. The number of pyridine rings is 1. The van der Waals surface area contributed by atoms with Gasteiger partial charge in [0, 0.05) is 46.2 Å². The molecule has 4 heteroatoms. The Hall–Kier alpha value is -1.68. The van der Waals surface area contributed by atoms with Crippen molar-refractivity contribution in [3.8, 4) is 10.4 Å². The van der Waals surface area contributed by atoms with Crippen LogP contribution in [-0.2, 0) is 13.0 Å². The summed E-state index contributed by atoms with van der Waals surface area (Å²) in [4.78, 5) is 9.34. The molecule has 0 aliphatic rings. The quantitative estimate of drug-likeness (QED) is 0.616. The van der Waals surface area contributed by atoms with Crippen molar-refractivity contribution >= 4 is 22.9 Å². The summed E-state index contributed by atoms with van der Waals surface area (Å²) in [7, 11) is 2.15. The number of benzene rings is 1. The van der Waals surface area contributed by atoms with Gasteiger partial charge in [-0.3, -0.25) is 4.98 Å². The van der Waals surface area contributed by atoms with Crippen LogP contribution in [0.5, 0.6) is 0 Å². The Morgan fingerprint density at radius 1 is 1.09 bits per heavy atom. The highest BCUT2D eigenvalue weighted by Crippen LogP contribution is 2.30. The summed E-state index contributed by atoms with van der Waals surface area (Å²) >= 11 is 7.90. The molecule has 2 aromatic heterocycles. The van der Waals surface area contributed by atoms with E-state index in [4.69, 9.17) is 11.6 Å². The van der Waals surface area contributed by atoms with E-state index in [2.05, 4.69) is 41.2 Å². The Kier molecular flexibility index (Phi) is 5.44. The van der Waals surface area contributed by atoms with Gasteiger partial charge in [-0.2, -0.15) is 0 Å². The number of thiophene rings is 1. The lowest BCUT2D eigenvalue weighted by atomic mass is 10.2. The van der Waals surface area contributed by atoms with Crippen LogP contribution in [0.15, 0.2) is 60.8 Å². The van der Waals surface area contributed by atoms with E-state index < -0.39 is 0 Å². The molecule has 0 spiro atoms. The summed E-state index contributed by atoms with van der Waals surface area (Å²) in [5.74, 6) is 0. The minimum Gasteiger partial charge on any atom is -0.301 e. The maximum atomic E-state index is 6.08. The van der Waals surface area contributed by atoms with E-state index in [9.17, 15) is 0 Å². The van der Waals surface area contributed by atoms with Crippen molar-refractivity contribution in [2.75, 3.05) is 13.6 Å². The standard InChI is InChI=1S/C19H19ClN2S/c1-22(12-10-17-7-2-3-11-21-17)14-18-8-9-19(23-18)15-5-4-6-16(20)13-15/h2-9,11,13H,10,12,14H2,1H3. The molecule has 23 heavy (non-hydrogen) atoms. The fraction of sp³-hybridized carbons (Fsp3) is 0.211. The number of hydrogen-bond acceptors (Lipinski definition) is 3. The first-order chi connectivity index (χ1) is 11.2. The maximum Gasteiger partial charge on any atom is 0.0416 e. The smallest absolute Gasteiger partial charge is 0.0416 e. The number of halogens is 1. The third-order valence-corrected chi connectivity index (χ3v) is 5.03. The Morgan fingerprint density at radius 2 is 2.00 bits per heavy atom. The molecule has 1 aromatic carbocycles. The van der Waals surface area contributed by atoms with Gasteiger partial charge in [0.1, 0.15) is 0 Å². The molecule has 0 radical (unpaired) electrons. The summed E-state index contributed by atoms with van der Waals surface area (Å²) in [6.45, 7) is 1.96. The van der Waals surface area contributed by atoms with Gasteiger partial charge in [0.2, 0.25) is 0 Å². The zero-order chi connectivity index (χ0) is 16.1. The van der Waals surface area contributed by atoms with Crippen molar-refractivity contribution in [2.45, 2.75) is 13.0 Å². The number of likely N-dealkylation sites (N-methyl/N-ethyl adjacent to an activating group) is 1. The molecule has 0 bridgehead atoms. The van der Waals surface area contributed by atoms with E-state index in [-0.39, 0.29) is 0 Å². The molecular formula is C19H19ClN2S. The van der Waals surface area contributed by atoms with E-state index in [1.54, 1.807) is 0 Å². The first-order valence-electron chi connectivity index (χ1n) is 7.64. The molecule has 2 heterocycles. The van der Waals surface area contributed by atoms with Gasteiger partial charge in [-0.1, -0.05) is 29.8 Å². The second-order valence-corrected chi connectivity index (χ2v) is 7.19. The molecule has 0 fully saturated rings. The molecule has 0 saturated heterocycles. The van der Waals surface area contributed by atoms with Gasteiger partial charge in [-0.15, -0.1) is 11.3 Å². The van der Waals surface area contributed by atoms with Crippen molar-refractivity contribution in [3.05, 3.63) is 76.4 Å². The number of rotatable bonds is 6. The molecule has 118 valence electrons. The number of nitrogens with zero attached hydrogens (tertiary/aromatic N) is 2. The molecule has 0 aliphatic carbocycles. The van der Waals surface area contributed by atoms with Crippen LogP contribution in [0, 0.1) is 0 Å². The third kappa shape index (κ3) is 4.64. The van der Waals surface area contributed by atoms with Crippen molar-refractivity contribution < 1.29 is 0 Å². The van der Waals surface area contributed by atoms with Crippen molar-refractivity contribution in [2.24, 2.45) is 0 Å². The van der Waals surface area contributed by atoms with Crippen molar-refractivity contribution in [1.29, 1.82) is 0 Å². The van der Waals surface area contributed by atoms with Crippen LogP contribution < -0.4 is 0 Å². The highest BCUT2D eigenvalue weighted by Gasteiger charge is 2.06. The lowest BCUT2D eigenvalue weighted by Crippen LogP contribution is -2.20. The zero-order valence-electron chi connectivity index (χ0n) is 13.1. The van der Waals surface area contributed by atoms with Gasteiger partial charge in [-0.25, -0.2) is 0 Å². The SMILES string of the molecule is CN(CCc1ccccn1)Cc1ccc(-c2cccc(Cl)c2)s1. The van der Waals surface area contributed by atoms with E-state index in [1.807, 2.05) is 47.9 Å². The van der Waals surface area contributed by atoms with Gasteiger partial charge < -0.3 is 4.90 Å². The average Bonchev–Trinajstić information content (AvgIpc) is 3.02. The van der Waals surface area contributed by atoms with E-state index in [1.165, 1.54) is 15.3 Å². The molecular weight excluding hydrogens is 324 g/mol. The fourth-order valence-corrected chi connectivity index (χ4v) is 3.73. The number of hydrogen-bond donors (Lipinski definition) is 0. The summed E-state index contributed by atoms with van der Waals surface area (Å²) in [5.41, 5.74) is 2.33. The predicted octanol–water partition coefficient (Wildman–Crippen LogP) is 5.14. The van der Waals surface area contributed by atoms with Gasteiger partial charge in [0.15, 0.2) is 0 Å². The highest BCUT2D eigenvalue weighted by atomic mass is 35.5. The molecule has 0 unspecified atom stereocenters. The minimum atomic E-state index is 0.782. The summed E-state index contributed by atoms with van der Waals surface area (Å²) in [6, 6.07) is 18.5. The Balaban J connectivity index is 1.58. The van der Waals surface area contributed by atoms with Crippen molar-refractivity contribution in [3.63, 3.8) is 0 Å². The molecule has 3 aromatic rings. The van der Waals surface area contributed by atoms with Crippen LogP contribution in [0.4, 0.5) is 0 Å². The first-order valence-corrected chi connectivity index (χ1v) is 8.83. The normalized spacial score (nSPS) is 11.1. The van der Waals surface area contributed by atoms with Gasteiger partial charge >= 0.3 is 0 Å². The second kappa shape index (κ2) is 7.73. The monoisotopic (exact) mass is 342 g/mol. The summed E-state index contributed by atoms with van der Waals surface area (Å²) in [5, 5.41) is 0.782. The second-order valence-electron chi connectivity index (χ2n) is 5.59. The lowest BCUT2D eigenvalue weighted by molar-refractivity contribution is 0.333. The van der Waals surface area contributed by atoms with Crippen LogP contribution in [0.25, 0.3) is 10.4 Å². The molecule has 0 amide bonds. The third-order valence-electron chi connectivity index (χ3n) is 3.67. The lowest BCUT2D eigenvalue weighted by Gasteiger charge is -2.15. The number of aromatic nitrogens is 1.